The third-order valence-electron chi connectivity index (χ3n) is 3.14. The zero-order chi connectivity index (χ0) is 14.0. The second kappa shape index (κ2) is 6.07. The van der Waals surface area contributed by atoms with Crippen molar-refractivity contribution < 1.29 is 4.74 Å². The van der Waals surface area contributed by atoms with Crippen molar-refractivity contribution in [3.8, 4) is 5.75 Å². The lowest BCUT2D eigenvalue weighted by molar-refractivity contribution is 0.405. The van der Waals surface area contributed by atoms with Gasteiger partial charge in [-0.3, -0.25) is 0 Å². The van der Waals surface area contributed by atoms with E-state index in [1.807, 2.05) is 24.5 Å². The summed E-state index contributed by atoms with van der Waals surface area (Å²) in [6.07, 6.45) is 0. The standard InChI is InChI=1S/C15H18BrNOS/c1-9-7-10(2)19-15(9)14(17-3)12-6-5-11(16)8-13(12)18-4/h5-8,14,17H,1-4H3. The number of benzene rings is 1. The Morgan fingerprint density at radius 3 is 2.53 bits per heavy atom. The van der Waals surface area contributed by atoms with Crippen LogP contribution in [0.5, 0.6) is 5.75 Å². The first-order chi connectivity index (χ1) is 9.06. The molecular weight excluding hydrogens is 322 g/mol. The smallest absolute Gasteiger partial charge is 0.125 e. The van der Waals surface area contributed by atoms with Crippen molar-refractivity contribution in [1.29, 1.82) is 0 Å². The number of nitrogens with one attached hydrogen (secondary N) is 1. The summed E-state index contributed by atoms with van der Waals surface area (Å²) in [7, 11) is 3.70. The Morgan fingerprint density at radius 1 is 1.26 bits per heavy atom. The van der Waals surface area contributed by atoms with Gasteiger partial charge in [-0.15, -0.1) is 11.3 Å². The molecule has 0 amide bonds. The Morgan fingerprint density at radius 2 is 2.00 bits per heavy atom. The molecule has 0 bridgehead atoms. The molecule has 19 heavy (non-hydrogen) atoms. The molecule has 4 heteroatoms. The van der Waals surface area contributed by atoms with E-state index in [0.29, 0.717) is 0 Å². The maximum Gasteiger partial charge on any atom is 0.125 e. The van der Waals surface area contributed by atoms with Crippen LogP contribution in [0.2, 0.25) is 0 Å². The fraction of sp³-hybridized carbons (Fsp3) is 0.333. The van der Waals surface area contributed by atoms with Crippen molar-refractivity contribution >= 4 is 27.3 Å². The molecule has 0 aliphatic carbocycles. The highest BCUT2D eigenvalue weighted by Gasteiger charge is 2.20. The lowest BCUT2D eigenvalue weighted by Gasteiger charge is -2.19. The second-order valence-electron chi connectivity index (χ2n) is 4.51. The van der Waals surface area contributed by atoms with E-state index in [4.69, 9.17) is 4.74 Å². The Balaban J connectivity index is 2.50. The average molecular weight is 340 g/mol. The number of halogens is 1. The molecule has 2 nitrogen and oxygen atoms in total. The number of thiophene rings is 1. The van der Waals surface area contributed by atoms with E-state index in [9.17, 15) is 0 Å². The monoisotopic (exact) mass is 339 g/mol. The third kappa shape index (κ3) is 3.02. The van der Waals surface area contributed by atoms with Crippen molar-refractivity contribution in [2.75, 3.05) is 14.2 Å². The molecule has 0 spiro atoms. The SMILES string of the molecule is CNC(c1ccc(Br)cc1OC)c1sc(C)cc1C. The van der Waals surface area contributed by atoms with E-state index in [2.05, 4.69) is 53.3 Å². The molecule has 0 saturated carbocycles. The molecular formula is C15H18BrNOS. The van der Waals surface area contributed by atoms with E-state index >= 15 is 0 Å². The van der Waals surface area contributed by atoms with Crippen LogP contribution in [0.15, 0.2) is 28.7 Å². The summed E-state index contributed by atoms with van der Waals surface area (Å²) in [5, 5.41) is 3.40. The lowest BCUT2D eigenvalue weighted by atomic mass is 10.0. The minimum Gasteiger partial charge on any atom is -0.496 e. The number of methoxy groups -OCH3 is 1. The molecule has 1 heterocycles. The molecule has 0 saturated heterocycles. The van der Waals surface area contributed by atoms with Crippen LogP contribution in [-0.2, 0) is 0 Å². The first-order valence-corrected chi connectivity index (χ1v) is 7.75. The summed E-state index contributed by atoms with van der Waals surface area (Å²) < 4.78 is 6.54. The van der Waals surface area contributed by atoms with Crippen molar-refractivity contribution in [3.05, 3.63) is 49.6 Å². The number of hydrogen-bond donors (Lipinski definition) is 1. The van der Waals surface area contributed by atoms with Crippen LogP contribution >= 0.6 is 27.3 Å². The third-order valence-corrected chi connectivity index (χ3v) is 4.85. The van der Waals surface area contributed by atoms with Gasteiger partial charge in [0, 0.05) is 19.8 Å². The van der Waals surface area contributed by atoms with Crippen LogP contribution in [0, 0.1) is 13.8 Å². The van der Waals surface area contributed by atoms with Gasteiger partial charge in [-0.2, -0.15) is 0 Å². The maximum absolute atomic E-state index is 5.51. The van der Waals surface area contributed by atoms with E-state index in [0.717, 1.165) is 15.8 Å². The van der Waals surface area contributed by atoms with Crippen LogP contribution in [0.1, 0.15) is 26.9 Å². The Labute approximate surface area is 126 Å². The van der Waals surface area contributed by atoms with Gasteiger partial charge in [-0.05, 0) is 44.7 Å². The summed E-state index contributed by atoms with van der Waals surface area (Å²) in [6.45, 7) is 4.31. The molecule has 1 aromatic carbocycles. The largest absolute Gasteiger partial charge is 0.496 e. The van der Waals surface area contributed by atoms with E-state index in [1.54, 1.807) is 7.11 Å². The van der Waals surface area contributed by atoms with Crippen molar-refractivity contribution in [2.45, 2.75) is 19.9 Å². The van der Waals surface area contributed by atoms with Gasteiger partial charge < -0.3 is 10.1 Å². The van der Waals surface area contributed by atoms with Gasteiger partial charge in [0.2, 0.25) is 0 Å². The first kappa shape index (κ1) is 14.6. The van der Waals surface area contributed by atoms with Crippen LogP contribution in [-0.4, -0.2) is 14.2 Å². The fourth-order valence-electron chi connectivity index (χ4n) is 2.30. The molecule has 0 radical (unpaired) electrons. The molecule has 102 valence electrons. The van der Waals surface area contributed by atoms with Crippen molar-refractivity contribution in [3.63, 3.8) is 0 Å². The van der Waals surface area contributed by atoms with Gasteiger partial charge in [-0.1, -0.05) is 22.0 Å². The molecule has 1 aromatic heterocycles. The minimum atomic E-state index is 0.168. The molecule has 1 unspecified atom stereocenters. The summed E-state index contributed by atoms with van der Waals surface area (Å²) >= 11 is 5.32. The van der Waals surface area contributed by atoms with Gasteiger partial charge in [0.25, 0.3) is 0 Å². The van der Waals surface area contributed by atoms with Crippen molar-refractivity contribution in [2.24, 2.45) is 0 Å². The highest BCUT2D eigenvalue weighted by Crippen LogP contribution is 2.36. The minimum absolute atomic E-state index is 0.168. The quantitative estimate of drug-likeness (QED) is 0.888. The molecule has 2 rings (SSSR count). The molecule has 0 aliphatic rings. The summed E-state index contributed by atoms with van der Waals surface area (Å²) in [6, 6.07) is 8.57. The maximum atomic E-state index is 5.51. The average Bonchev–Trinajstić information content (AvgIpc) is 2.71. The second-order valence-corrected chi connectivity index (χ2v) is 6.72. The zero-order valence-electron chi connectivity index (χ0n) is 11.6. The predicted molar refractivity (Wildman–Crippen MR) is 85.4 cm³/mol. The van der Waals surface area contributed by atoms with Crippen LogP contribution in [0.25, 0.3) is 0 Å². The van der Waals surface area contributed by atoms with Gasteiger partial charge in [0.05, 0.1) is 13.2 Å². The molecule has 1 atom stereocenters. The molecule has 1 N–H and O–H groups in total. The van der Waals surface area contributed by atoms with Crippen LogP contribution in [0.4, 0.5) is 0 Å². The number of hydrogen-bond acceptors (Lipinski definition) is 3. The number of aryl methyl sites for hydroxylation is 2. The molecule has 0 fully saturated rings. The Bertz CT molecular complexity index is 580. The fourth-order valence-corrected chi connectivity index (χ4v) is 3.80. The zero-order valence-corrected chi connectivity index (χ0v) is 14.0. The van der Waals surface area contributed by atoms with E-state index in [-0.39, 0.29) is 6.04 Å². The Hall–Kier alpha value is -0.840. The highest BCUT2D eigenvalue weighted by atomic mass is 79.9. The number of rotatable bonds is 4. The van der Waals surface area contributed by atoms with Gasteiger partial charge in [0.1, 0.15) is 5.75 Å². The first-order valence-electron chi connectivity index (χ1n) is 6.14. The van der Waals surface area contributed by atoms with Crippen molar-refractivity contribution in [1.82, 2.24) is 5.32 Å². The summed E-state index contributed by atoms with van der Waals surface area (Å²) in [5.41, 5.74) is 2.49. The van der Waals surface area contributed by atoms with Crippen LogP contribution < -0.4 is 10.1 Å². The van der Waals surface area contributed by atoms with Gasteiger partial charge in [-0.25, -0.2) is 0 Å². The topological polar surface area (TPSA) is 21.3 Å². The van der Waals surface area contributed by atoms with Gasteiger partial charge >= 0.3 is 0 Å². The van der Waals surface area contributed by atoms with E-state index < -0.39 is 0 Å². The highest BCUT2D eigenvalue weighted by molar-refractivity contribution is 9.10. The van der Waals surface area contributed by atoms with Gasteiger partial charge in [0.15, 0.2) is 0 Å². The molecule has 0 aliphatic heterocycles. The Kier molecular flexibility index (Phi) is 4.66. The number of ether oxygens (including phenoxy) is 1. The summed E-state index contributed by atoms with van der Waals surface area (Å²) in [5.74, 6) is 0.902. The molecule has 2 aromatic rings. The predicted octanol–water partition coefficient (Wildman–Crippen LogP) is 4.44. The summed E-state index contributed by atoms with van der Waals surface area (Å²) in [4.78, 5) is 2.68. The van der Waals surface area contributed by atoms with E-state index in [1.165, 1.54) is 15.3 Å². The normalized spacial score (nSPS) is 12.5. The van der Waals surface area contributed by atoms with Crippen LogP contribution in [0.3, 0.4) is 0 Å². The lowest BCUT2D eigenvalue weighted by Crippen LogP contribution is -2.18.